The Bertz CT molecular complexity index is 723. The first-order valence-electron chi connectivity index (χ1n) is 8.67. The Morgan fingerprint density at radius 1 is 1.12 bits per heavy atom. The van der Waals surface area contributed by atoms with Crippen molar-refractivity contribution in [2.45, 2.75) is 58.2 Å². The Balaban J connectivity index is 1.89. The summed E-state index contributed by atoms with van der Waals surface area (Å²) in [6.07, 6.45) is 2.64. The topological polar surface area (TPSA) is 56.5 Å². The highest BCUT2D eigenvalue weighted by atomic mass is 16.7. The Labute approximate surface area is 144 Å². The molecular formula is C18H27BN2O3. The molecule has 1 N–H and O–H groups in total. The maximum atomic E-state index is 8.95. The number of hydrogen-bond donors (Lipinski definition) is 1. The number of rotatable bonds is 5. The van der Waals surface area contributed by atoms with Crippen molar-refractivity contribution in [3.05, 3.63) is 23.9 Å². The minimum Gasteiger partial charge on any atom is -0.399 e. The molecule has 1 fully saturated rings. The standard InChI is InChI=1S/C18H27BN2O3/c1-17(2)18(3,4)24-19(23-17)13-9-10-14-15(8-6-7-11-22)20-21(5)16(14)12-13/h9-10,12,22H,6-8,11H2,1-5H3. The molecule has 0 amide bonds. The predicted octanol–water partition coefficient (Wildman–Crippen LogP) is 2.19. The lowest BCUT2D eigenvalue weighted by molar-refractivity contribution is 0.00578. The van der Waals surface area contributed by atoms with Gasteiger partial charge >= 0.3 is 7.12 Å². The molecule has 0 unspecified atom stereocenters. The van der Waals surface area contributed by atoms with E-state index < -0.39 is 0 Å². The maximum absolute atomic E-state index is 8.95. The third kappa shape index (κ3) is 2.98. The van der Waals surface area contributed by atoms with E-state index in [1.165, 1.54) is 0 Å². The van der Waals surface area contributed by atoms with Crippen LogP contribution < -0.4 is 5.46 Å². The van der Waals surface area contributed by atoms with Crippen molar-refractivity contribution in [2.24, 2.45) is 7.05 Å². The number of aliphatic hydroxyl groups is 1. The van der Waals surface area contributed by atoms with Crippen LogP contribution in [-0.4, -0.2) is 39.8 Å². The number of hydrogen-bond acceptors (Lipinski definition) is 4. The molecular weight excluding hydrogens is 303 g/mol. The molecule has 0 aliphatic carbocycles. The van der Waals surface area contributed by atoms with Gasteiger partial charge < -0.3 is 14.4 Å². The van der Waals surface area contributed by atoms with Gasteiger partial charge in [0.05, 0.1) is 22.4 Å². The summed E-state index contributed by atoms with van der Waals surface area (Å²) in [6, 6.07) is 6.29. The van der Waals surface area contributed by atoms with Crippen LogP contribution >= 0.6 is 0 Å². The van der Waals surface area contributed by atoms with Crippen molar-refractivity contribution < 1.29 is 14.4 Å². The highest BCUT2D eigenvalue weighted by molar-refractivity contribution is 6.62. The van der Waals surface area contributed by atoms with E-state index in [1.807, 2.05) is 11.7 Å². The summed E-state index contributed by atoms with van der Waals surface area (Å²) in [5.74, 6) is 0. The van der Waals surface area contributed by atoms with Crippen LogP contribution in [0.4, 0.5) is 0 Å². The molecule has 1 aliphatic rings. The lowest BCUT2D eigenvalue weighted by Gasteiger charge is -2.32. The molecule has 0 atom stereocenters. The molecule has 24 heavy (non-hydrogen) atoms. The largest absolute Gasteiger partial charge is 0.494 e. The van der Waals surface area contributed by atoms with Gasteiger partial charge in [-0.05, 0) is 58.5 Å². The van der Waals surface area contributed by atoms with Gasteiger partial charge in [0.2, 0.25) is 0 Å². The molecule has 6 heteroatoms. The van der Waals surface area contributed by atoms with Crippen LogP contribution in [0.2, 0.25) is 0 Å². The zero-order chi connectivity index (χ0) is 17.5. The molecule has 1 saturated heterocycles. The van der Waals surface area contributed by atoms with Gasteiger partial charge in [-0.25, -0.2) is 0 Å². The molecule has 2 aromatic rings. The summed E-state index contributed by atoms with van der Waals surface area (Å²) >= 11 is 0. The Kier molecular flexibility index (Phi) is 4.49. The van der Waals surface area contributed by atoms with Gasteiger partial charge in [-0.3, -0.25) is 4.68 Å². The molecule has 0 radical (unpaired) electrons. The summed E-state index contributed by atoms with van der Waals surface area (Å²) in [6.45, 7) is 8.49. The van der Waals surface area contributed by atoms with E-state index >= 15 is 0 Å². The molecule has 2 heterocycles. The molecule has 130 valence electrons. The zero-order valence-corrected chi connectivity index (χ0v) is 15.3. The molecule has 0 spiro atoms. The van der Waals surface area contributed by atoms with Crippen LogP contribution in [0.15, 0.2) is 18.2 Å². The number of fused-ring (bicyclic) bond motifs is 1. The van der Waals surface area contributed by atoms with Crippen molar-refractivity contribution in [1.29, 1.82) is 0 Å². The van der Waals surface area contributed by atoms with Crippen molar-refractivity contribution in [3.8, 4) is 0 Å². The van der Waals surface area contributed by atoms with E-state index in [1.54, 1.807) is 0 Å². The maximum Gasteiger partial charge on any atom is 0.494 e. The highest BCUT2D eigenvalue weighted by Gasteiger charge is 2.51. The summed E-state index contributed by atoms with van der Waals surface area (Å²) in [7, 11) is 1.61. The molecule has 1 aromatic heterocycles. The van der Waals surface area contributed by atoms with E-state index in [9.17, 15) is 0 Å². The lowest BCUT2D eigenvalue weighted by Crippen LogP contribution is -2.41. The van der Waals surface area contributed by atoms with Gasteiger partial charge in [-0.2, -0.15) is 5.10 Å². The first-order chi connectivity index (χ1) is 11.2. The quantitative estimate of drug-likeness (QED) is 0.674. The van der Waals surface area contributed by atoms with Crippen LogP contribution in [0.3, 0.4) is 0 Å². The highest BCUT2D eigenvalue weighted by Crippen LogP contribution is 2.36. The summed E-state index contributed by atoms with van der Waals surface area (Å²) < 4.78 is 14.2. The number of aromatic nitrogens is 2. The van der Waals surface area contributed by atoms with E-state index in [-0.39, 0.29) is 24.9 Å². The summed E-state index contributed by atoms with van der Waals surface area (Å²) in [5.41, 5.74) is 2.51. The smallest absolute Gasteiger partial charge is 0.399 e. The fraction of sp³-hybridized carbons (Fsp3) is 0.611. The average Bonchev–Trinajstić information content (AvgIpc) is 2.93. The molecule has 0 bridgehead atoms. The third-order valence-corrected chi connectivity index (χ3v) is 5.30. The fourth-order valence-electron chi connectivity index (χ4n) is 3.06. The summed E-state index contributed by atoms with van der Waals surface area (Å²) in [5, 5.41) is 14.8. The Morgan fingerprint density at radius 3 is 2.42 bits per heavy atom. The second-order valence-corrected chi connectivity index (χ2v) is 7.62. The molecule has 0 saturated carbocycles. The Morgan fingerprint density at radius 2 is 1.79 bits per heavy atom. The number of aliphatic hydroxyl groups excluding tert-OH is 1. The minimum absolute atomic E-state index is 0.233. The van der Waals surface area contributed by atoms with Gasteiger partial charge in [0.1, 0.15) is 0 Å². The first-order valence-corrected chi connectivity index (χ1v) is 8.67. The molecule has 1 aliphatic heterocycles. The first kappa shape index (κ1) is 17.5. The van der Waals surface area contributed by atoms with Crippen LogP contribution in [0.5, 0.6) is 0 Å². The van der Waals surface area contributed by atoms with Gasteiger partial charge in [0.15, 0.2) is 0 Å². The normalized spacial score (nSPS) is 19.3. The van der Waals surface area contributed by atoms with Crippen molar-refractivity contribution in [1.82, 2.24) is 9.78 Å². The molecule has 1 aromatic carbocycles. The van der Waals surface area contributed by atoms with E-state index in [0.29, 0.717) is 0 Å². The summed E-state index contributed by atoms with van der Waals surface area (Å²) in [4.78, 5) is 0. The average molecular weight is 330 g/mol. The van der Waals surface area contributed by atoms with Gasteiger partial charge in [-0.1, -0.05) is 12.1 Å². The lowest BCUT2D eigenvalue weighted by atomic mass is 9.78. The number of unbranched alkanes of at least 4 members (excludes halogenated alkanes) is 1. The predicted molar refractivity (Wildman–Crippen MR) is 96.5 cm³/mol. The van der Waals surface area contributed by atoms with E-state index in [0.717, 1.165) is 41.3 Å². The van der Waals surface area contributed by atoms with Gasteiger partial charge in [0.25, 0.3) is 0 Å². The van der Waals surface area contributed by atoms with Crippen molar-refractivity contribution in [2.75, 3.05) is 6.61 Å². The van der Waals surface area contributed by atoms with Crippen molar-refractivity contribution >= 4 is 23.5 Å². The monoisotopic (exact) mass is 330 g/mol. The van der Waals surface area contributed by atoms with Crippen LogP contribution in [0.1, 0.15) is 46.2 Å². The number of nitrogens with zero attached hydrogens (tertiary/aromatic N) is 2. The van der Waals surface area contributed by atoms with Crippen LogP contribution in [0.25, 0.3) is 10.9 Å². The number of benzene rings is 1. The van der Waals surface area contributed by atoms with E-state index in [4.69, 9.17) is 14.4 Å². The van der Waals surface area contributed by atoms with Crippen LogP contribution in [0, 0.1) is 0 Å². The Hall–Kier alpha value is -1.37. The number of aryl methyl sites for hydroxylation is 2. The van der Waals surface area contributed by atoms with Crippen LogP contribution in [-0.2, 0) is 22.8 Å². The second kappa shape index (κ2) is 6.17. The fourth-order valence-corrected chi connectivity index (χ4v) is 3.06. The van der Waals surface area contributed by atoms with E-state index in [2.05, 4.69) is 51.0 Å². The molecule has 5 nitrogen and oxygen atoms in total. The zero-order valence-electron chi connectivity index (χ0n) is 15.3. The SMILES string of the molecule is Cn1nc(CCCCO)c2ccc(B3OC(C)(C)C(C)(C)O3)cc21. The van der Waals surface area contributed by atoms with Gasteiger partial charge in [-0.15, -0.1) is 0 Å². The second-order valence-electron chi connectivity index (χ2n) is 7.62. The minimum atomic E-state index is -0.355. The third-order valence-electron chi connectivity index (χ3n) is 5.30. The van der Waals surface area contributed by atoms with Gasteiger partial charge in [0, 0.05) is 19.0 Å². The molecule has 3 rings (SSSR count). The van der Waals surface area contributed by atoms with Crippen molar-refractivity contribution in [3.63, 3.8) is 0 Å².